The van der Waals surface area contributed by atoms with Gasteiger partial charge in [0.2, 0.25) is 5.95 Å². The Morgan fingerprint density at radius 1 is 1.73 bits per heavy atom. The van der Waals surface area contributed by atoms with Crippen molar-refractivity contribution in [1.29, 1.82) is 0 Å². The van der Waals surface area contributed by atoms with Gasteiger partial charge in [-0.15, -0.1) is 0 Å². The summed E-state index contributed by atoms with van der Waals surface area (Å²) in [7, 11) is 0. The van der Waals surface area contributed by atoms with Gasteiger partial charge in [0.15, 0.2) is 17.7 Å². The molecule has 4 N–H and O–H groups in total. The van der Waals surface area contributed by atoms with Crippen molar-refractivity contribution < 1.29 is 10.0 Å². The van der Waals surface area contributed by atoms with Gasteiger partial charge in [-0.1, -0.05) is 12.1 Å². The van der Waals surface area contributed by atoms with Crippen molar-refractivity contribution >= 4 is 17.6 Å². The average molecular weight is 210 g/mol. The fourth-order valence-corrected chi connectivity index (χ4v) is 1.32. The highest BCUT2D eigenvalue weighted by atomic mass is 16.4. The van der Waals surface area contributed by atoms with Crippen LogP contribution in [0.5, 0.6) is 0 Å². The van der Waals surface area contributed by atoms with Gasteiger partial charge in [-0.25, -0.2) is 4.68 Å². The second-order valence-corrected chi connectivity index (χ2v) is 3.03. The zero-order valence-electron chi connectivity index (χ0n) is 8.01. The van der Waals surface area contributed by atoms with E-state index in [-0.39, 0.29) is 11.7 Å². The Hall–Kier alpha value is -1.96. The SMILES string of the molecule is CCc1nc2n(n1)[C@@H](N)/C(=N\O)C(=O)N2. The number of nitrogens with zero attached hydrogens (tertiary/aromatic N) is 4. The standard InChI is InChI=1S/C7H10N6O2/c1-2-3-9-7-10-6(14)4(12-15)5(8)13(7)11-3/h5,15H,2,8H2,1H3,(H,9,10,11,14)/b12-4+/t5-/m1/s1. The molecule has 80 valence electrons. The van der Waals surface area contributed by atoms with Crippen LogP contribution in [0.2, 0.25) is 0 Å². The summed E-state index contributed by atoms with van der Waals surface area (Å²) in [5, 5.41) is 17.9. The van der Waals surface area contributed by atoms with Crippen LogP contribution >= 0.6 is 0 Å². The van der Waals surface area contributed by atoms with Crippen LogP contribution in [0.3, 0.4) is 0 Å². The van der Waals surface area contributed by atoms with Gasteiger partial charge in [-0.2, -0.15) is 10.1 Å². The predicted octanol–water partition coefficient (Wildman–Crippen LogP) is -0.920. The molecule has 1 atom stereocenters. The van der Waals surface area contributed by atoms with Crippen LogP contribution in [0.25, 0.3) is 0 Å². The zero-order valence-corrected chi connectivity index (χ0v) is 8.01. The molecule has 15 heavy (non-hydrogen) atoms. The minimum Gasteiger partial charge on any atom is -0.410 e. The number of carbonyl (C=O) groups excluding carboxylic acids is 1. The number of oxime groups is 1. The first-order valence-corrected chi connectivity index (χ1v) is 4.41. The van der Waals surface area contributed by atoms with Crippen molar-refractivity contribution in [3.8, 4) is 0 Å². The number of fused-ring (bicyclic) bond motifs is 1. The molecular formula is C7H10N6O2. The van der Waals surface area contributed by atoms with E-state index in [1.807, 2.05) is 6.92 Å². The van der Waals surface area contributed by atoms with Crippen LogP contribution in [0.4, 0.5) is 5.95 Å². The molecule has 1 aliphatic rings. The third-order valence-electron chi connectivity index (χ3n) is 2.10. The summed E-state index contributed by atoms with van der Waals surface area (Å²) >= 11 is 0. The lowest BCUT2D eigenvalue weighted by Crippen LogP contribution is -2.42. The number of hydrogen-bond acceptors (Lipinski definition) is 6. The molecule has 1 amide bonds. The van der Waals surface area contributed by atoms with Crippen molar-refractivity contribution in [3.63, 3.8) is 0 Å². The van der Waals surface area contributed by atoms with Crippen LogP contribution in [-0.4, -0.2) is 31.6 Å². The fraction of sp³-hybridized carbons (Fsp3) is 0.429. The lowest BCUT2D eigenvalue weighted by atomic mass is 10.2. The Labute approximate surface area is 84.8 Å². The van der Waals surface area contributed by atoms with Gasteiger partial charge in [0.05, 0.1) is 0 Å². The first kappa shape index (κ1) is 9.59. The Bertz CT molecular complexity index is 437. The molecule has 0 fully saturated rings. The minimum atomic E-state index is -0.897. The highest BCUT2D eigenvalue weighted by Gasteiger charge is 2.32. The Morgan fingerprint density at radius 2 is 2.47 bits per heavy atom. The molecule has 1 aromatic heterocycles. The number of aryl methyl sites for hydroxylation is 1. The normalized spacial score (nSPS) is 22.7. The van der Waals surface area contributed by atoms with E-state index in [2.05, 4.69) is 20.6 Å². The van der Waals surface area contributed by atoms with E-state index in [0.29, 0.717) is 12.2 Å². The van der Waals surface area contributed by atoms with Crippen molar-refractivity contribution in [3.05, 3.63) is 5.82 Å². The van der Waals surface area contributed by atoms with E-state index in [4.69, 9.17) is 10.9 Å². The Morgan fingerprint density at radius 3 is 3.07 bits per heavy atom. The number of nitrogens with two attached hydrogens (primary N) is 1. The molecular weight excluding hydrogens is 200 g/mol. The molecule has 0 bridgehead atoms. The number of carbonyl (C=O) groups is 1. The predicted molar refractivity (Wildman–Crippen MR) is 50.5 cm³/mol. The molecule has 0 saturated carbocycles. The lowest BCUT2D eigenvalue weighted by molar-refractivity contribution is -0.111. The molecule has 0 radical (unpaired) electrons. The van der Waals surface area contributed by atoms with E-state index >= 15 is 0 Å². The second-order valence-electron chi connectivity index (χ2n) is 3.03. The van der Waals surface area contributed by atoms with Gasteiger partial charge in [-0.05, 0) is 0 Å². The number of anilines is 1. The summed E-state index contributed by atoms with van der Waals surface area (Å²) in [6, 6.07) is 0. The van der Waals surface area contributed by atoms with Gasteiger partial charge in [0, 0.05) is 6.42 Å². The summed E-state index contributed by atoms with van der Waals surface area (Å²) in [6.45, 7) is 1.88. The van der Waals surface area contributed by atoms with Gasteiger partial charge < -0.3 is 10.9 Å². The highest BCUT2D eigenvalue weighted by Crippen LogP contribution is 2.16. The smallest absolute Gasteiger partial charge is 0.279 e. The highest BCUT2D eigenvalue weighted by molar-refractivity contribution is 6.44. The molecule has 2 heterocycles. The molecule has 0 aromatic carbocycles. The Kier molecular flexibility index (Phi) is 2.12. The summed E-state index contributed by atoms with van der Waals surface area (Å²) in [6.07, 6.45) is -0.264. The molecule has 0 saturated heterocycles. The van der Waals surface area contributed by atoms with Crippen LogP contribution in [0.15, 0.2) is 5.16 Å². The molecule has 1 aliphatic heterocycles. The monoisotopic (exact) mass is 210 g/mol. The van der Waals surface area contributed by atoms with E-state index in [1.54, 1.807) is 0 Å². The zero-order chi connectivity index (χ0) is 11.0. The third-order valence-corrected chi connectivity index (χ3v) is 2.10. The van der Waals surface area contributed by atoms with Gasteiger partial charge >= 0.3 is 0 Å². The van der Waals surface area contributed by atoms with Crippen LogP contribution in [-0.2, 0) is 11.2 Å². The molecule has 8 nitrogen and oxygen atoms in total. The van der Waals surface area contributed by atoms with E-state index < -0.39 is 12.1 Å². The number of amides is 1. The van der Waals surface area contributed by atoms with Crippen molar-refractivity contribution in [2.24, 2.45) is 10.9 Å². The maximum absolute atomic E-state index is 11.3. The number of hydrogen-bond donors (Lipinski definition) is 3. The van der Waals surface area contributed by atoms with Crippen LogP contribution in [0.1, 0.15) is 18.9 Å². The average Bonchev–Trinajstić information content (AvgIpc) is 2.61. The molecule has 0 spiro atoms. The first-order valence-electron chi connectivity index (χ1n) is 4.41. The lowest BCUT2D eigenvalue weighted by Gasteiger charge is -2.19. The van der Waals surface area contributed by atoms with E-state index in [1.165, 1.54) is 4.68 Å². The van der Waals surface area contributed by atoms with Gasteiger partial charge in [0.1, 0.15) is 0 Å². The van der Waals surface area contributed by atoms with Crippen LogP contribution < -0.4 is 11.1 Å². The number of aromatic nitrogens is 3. The molecule has 0 aliphatic carbocycles. The fourth-order valence-electron chi connectivity index (χ4n) is 1.32. The summed E-state index contributed by atoms with van der Waals surface area (Å²) in [4.78, 5) is 15.4. The summed E-state index contributed by atoms with van der Waals surface area (Å²) in [5.74, 6) is 0.282. The maximum atomic E-state index is 11.3. The van der Waals surface area contributed by atoms with Crippen molar-refractivity contribution in [2.75, 3.05) is 5.32 Å². The molecule has 2 rings (SSSR count). The van der Waals surface area contributed by atoms with Gasteiger partial charge in [0.25, 0.3) is 5.91 Å². The third kappa shape index (κ3) is 1.34. The molecule has 1 aromatic rings. The quantitative estimate of drug-likeness (QED) is 0.409. The van der Waals surface area contributed by atoms with Crippen molar-refractivity contribution in [1.82, 2.24) is 14.8 Å². The molecule has 8 heteroatoms. The maximum Gasteiger partial charge on any atom is 0.279 e. The largest absolute Gasteiger partial charge is 0.410 e. The Balaban J connectivity index is 2.48. The number of rotatable bonds is 1. The van der Waals surface area contributed by atoms with Crippen LogP contribution in [0, 0.1) is 0 Å². The second kappa shape index (κ2) is 3.31. The first-order chi connectivity index (χ1) is 7.17. The van der Waals surface area contributed by atoms with Crippen molar-refractivity contribution in [2.45, 2.75) is 19.5 Å². The van der Waals surface area contributed by atoms with Gasteiger partial charge in [-0.3, -0.25) is 10.1 Å². The van der Waals surface area contributed by atoms with E-state index in [9.17, 15) is 4.79 Å². The molecule has 0 unspecified atom stereocenters. The van der Waals surface area contributed by atoms with E-state index in [0.717, 1.165) is 0 Å². The summed E-state index contributed by atoms with van der Waals surface area (Å²) in [5.41, 5.74) is 5.48. The number of nitrogens with one attached hydrogen (secondary N) is 1. The summed E-state index contributed by atoms with van der Waals surface area (Å²) < 4.78 is 1.31. The topological polar surface area (TPSA) is 118 Å². The minimum absolute atomic E-state index is 0.185.